The summed E-state index contributed by atoms with van der Waals surface area (Å²) in [5, 5.41) is 20.3. The minimum absolute atomic E-state index is 0.0617. The summed E-state index contributed by atoms with van der Waals surface area (Å²) in [6, 6.07) is 0. The van der Waals surface area contributed by atoms with Crippen LogP contribution in [0.4, 0.5) is 0 Å². The maximum absolute atomic E-state index is 10.4. The topological polar surface area (TPSA) is 40.5 Å². The molecule has 7 atom stereocenters. The molecule has 3 fully saturated rings. The summed E-state index contributed by atoms with van der Waals surface area (Å²) in [7, 11) is 0. The highest BCUT2D eigenvalue weighted by molar-refractivity contribution is 5.22. The number of hydrogen-bond acceptors (Lipinski definition) is 2. The van der Waals surface area contributed by atoms with Gasteiger partial charge >= 0.3 is 0 Å². The van der Waals surface area contributed by atoms with E-state index in [0.717, 1.165) is 37.0 Å². The fraction of sp³-hybridized carbons (Fsp3) is 0.889. The normalized spacial score (nSPS) is 54.6. The summed E-state index contributed by atoms with van der Waals surface area (Å²) >= 11 is 0. The average Bonchev–Trinajstić information content (AvgIpc) is 2.74. The van der Waals surface area contributed by atoms with Gasteiger partial charge in [-0.2, -0.15) is 0 Å². The van der Waals surface area contributed by atoms with Gasteiger partial charge in [0.05, 0.1) is 12.2 Å². The van der Waals surface area contributed by atoms with Gasteiger partial charge in [0.25, 0.3) is 0 Å². The van der Waals surface area contributed by atoms with Crippen molar-refractivity contribution in [1.29, 1.82) is 0 Å². The Kier molecular flexibility index (Phi) is 3.05. The van der Waals surface area contributed by atoms with Gasteiger partial charge in [-0.1, -0.05) is 18.6 Å². The summed E-state index contributed by atoms with van der Waals surface area (Å²) in [4.78, 5) is 0. The largest absolute Gasteiger partial charge is 0.393 e. The molecule has 20 heavy (non-hydrogen) atoms. The zero-order valence-electron chi connectivity index (χ0n) is 12.6. The first kappa shape index (κ1) is 13.3. The predicted molar refractivity (Wildman–Crippen MR) is 79.1 cm³/mol. The Bertz CT molecular complexity index is 429. The molecule has 0 saturated heterocycles. The van der Waals surface area contributed by atoms with Crippen LogP contribution in [0.1, 0.15) is 58.3 Å². The Balaban J connectivity index is 1.62. The van der Waals surface area contributed by atoms with E-state index in [0.29, 0.717) is 5.92 Å². The van der Waals surface area contributed by atoms with Crippen molar-refractivity contribution in [2.75, 3.05) is 0 Å². The van der Waals surface area contributed by atoms with Crippen LogP contribution in [0.2, 0.25) is 0 Å². The van der Waals surface area contributed by atoms with E-state index >= 15 is 0 Å². The van der Waals surface area contributed by atoms with Crippen LogP contribution in [0.25, 0.3) is 0 Å². The van der Waals surface area contributed by atoms with Crippen molar-refractivity contribution in [3.05, 3.63) is 11.6 Å². The van der Waals surface area contributed by atoms with E-state index in [1.165, 1.54) is 32.1 Å². The first-order valence-corrected chi connectivity index (χ1v) is 8.65. The van der Waals surface area contributed by atoms with Crippen molar-refractivity contribution >= 4 is 0 Å². The molecule has 4 aliphatic rings. The first-order valence-electron chi connectivity index (χ1n) is 8.65. The van der Waals surface area contributed by atoms with E-state index in [2.05, 4.69) is 13.0 Å². The minimum Gasteiger partial charge on any atom is -0.393 e. The van der Waals surface area contributed by atoms with Crippen LogP contribution in [0.15, 0.2) is 11.6 Å². The third-order valence-corrected chi connectivity index (χ3v) is 7.32. The number of rotatable bonds is 0. The number of aliphatic hydroxyl groups is 2. The predicted octanol–water partition coefficient (Wildman–Crippen LogP) is 3.28. The third-order valence-electron chi connectivity index (χ3n) is 7.32. The van der Waals surface area contributed by atoms with Crippen molar-refractivity contribution in [1.82, 2.24) is 0 Å². The van der Waals surface area contributed by atoms with Crippen molar-refractivity contribution in [3.63, 3.8) is 0 Å². The second-order valence-corrected chi connectivity index (χ2v) is 8.12. The van der Waals surface area contributed by atoms with Crippen molar-refractivity contribution in [3.8, 4) is 0 Å². The van der Waals surface area contributed by atoms with E-state index in [4.69, 9.17) is 0 Å². The molecule has 0 heterocycles. The Hall–Kier alpha value is -0.340. The van der Waals surface area contributed by atoms with Crippen molar-refractivity contribution in [2.24, 2.45) is 29.1 Å². The Morgan fingerprint density at radius 2 is 1.95 bits per heavy atom. The third kappa shape index (κ3) is 1.77. The van der Waals surface area contributed by atoms with E-state index in [9.17, 15) is 10.2 Å². The average molecular weight is 276 g/mol. The fourth-order valence-electron chi connectivity index (χ4n) is 6.21. The SMILES string of the molecule is CC12CCC3C4=CCC(O)CC4CCC3C1CCC2O. The summed E-state index contributed by atoms with van der Waals surface area (Å²) in [6.45, 7) is 2.34. The number of hydrogen-bond donors (Lipinski definition) is 2. The highest BCUT2D eigenvalue weighted by Gasteiger charge is 2.55. The van der Waals surface area contributed by atoms with Crippen LogP contribution < -0.4 is 0 Å². The molecular formula is C18H28O2. The van der Waals surface area contributed by atoms with Crippen molar-refractivity contribution in [2.45, 2.75) is 70.5 Å². The number of aliphatic hydroxyl groups excluding tert-OH is 2. The molecule has 3 saturated carbocycles. The molecular weight excluding hydrogens is 248 g/mol. The van der Waals surface area contributed by atoms with E-state index in [1.807, 2.05) is 0 Å². The number of fused-ring (bicyclic) bond motifs is 5. The monoisotopic (exact) mass is 276 g/mol. The van der Waals surface area contributed by atoms with Gasteiger partial charge < -0.3 is 10.2 Å². The fourth-order valence-corrected chi connectivity index (χ4v) is 6.21. The van der Waals surface area contributed by atoms with Gasteiger partial charge in [0, 0.05) is 0 Å². The molecule has 0 radical (unpaired) electrons. The van der Waals surface area contributed by atoms with E-state index in [1.54, 1.807) is 5.57 Å². The van der Waals surface area contributed by atoms with Gasteiger partial charge in [-0.3, -0.25) is 0 Å². The molecule has 2 N–H and O–H groups in total. The Labute approximate surface area is 122 Å². The number of allylic oxidation sites excluding steroid dienone is 1. The molecule has 0 aromatic heterocycles. The molecule has 7 unspecified atom stereocenters. The van der Waals surface area contributed by atoms with Crippen LogP contribution in [0.3, 0.4) is 0 Å². The van der Waals surface area contributed by atoms with Crippen molar-refractivity contribution < 1.29 is 10.2 Å². The first-order chi connectivity index (χ1) is 9.59. The zero-order chi connectivity index (χ0) is 13.9. The van der Waals surface area contributed by atoms with Gasteiger partial charge in [-0.05, 0) is 80.5 Å². The summed E-state index contributed by atoms with van der Waals surface area (Å²) in [6.07, 6.45) is 11.4. The highest BCUT2D eigenvalue weighted by Crippen LogP contribution is 2.61. The van der Waals surface area contributed by atoms with Gasteiger partial charge in [0.2, 0.25) is 0 Å². The highest BCUT2D eigenvalue weighted by atomic mass is 16.3. The molecule has 0 bridgehead atoms. The molecule has 112 valence electrons. The maximum Gasteiger partial charge on any atom is 0.0596 e. The van der Waals surface area contributed by atoms with Crippen LogP contribution in [0.5, 0.6) is 0 Å². The smallest absolute Gasteiger partial charge is 0.0596 e. The van der Waals surface area contributed by atoms with E-state index < -0.39 is 0 Å². The molecule has 0 aromatic carbocycles. The van der Waals surface area contributed by atoms with Gasteiger partial charge in [-0.15, -0.1) is 0 Å². The Morgan fingerprint density at radius 1 is 1.10 bits per heavy atom. The van der Waals surface area contributed by atoms with Crippen LogP contribution >= 0.6 is 0 Å². The van der Waals surface area contributed by atoms with Gasteiger partial charge in [-0.25, -0.2) is 0 Å². The Morgan fingerprint density at radius 3 is 2.80 bits per heavy atom. The molecule has 0 amide bonds. The van der Waals surface area contributed by atoms with E-state index in [-0.39, 0.29) is 17.6 Å². The summed E-state index contributed by atoms with van der Waals surface area (Å²) < 4.78 is 0. The zero-order valence-corrected chi connectivity index (χ0v) is 12.6. The van der Waals surface area contributed by atoms with Crippen LogP contribution in [0, 0.1) is 29.1 Å². The lowest BCUT2D eigenvalue weighted by Gasteiger charge is -2.53. The molecule has 4 aliphatic carbocycles. The lowest BCUT2D eigenvalue weighted by Crippen LogP contribution is -2.46. The summed E-state index contributed by atoms with van der Waals surface area (Å²) in [5.74, 6) is 2.98. The van der Waals surface area contributed by atoms with Gasteiger partial charge in [0.15, 0.2) is 0 Å². The van der Waals surface area contributed by atoms with Gasteiger partial charge in [0.1, 0.15) is 0 Å². The molecule has 4 rings (SSSR count). The quantitative estimate of drug-likeness (QED) is 0.667. The molecule has 0 aromatic rings. The van der Waals surface area contributed by atoms with Crippen LogP contribution in [-0.2, 0) is 0 Å². The second-order valence-electron chi connectivity index (χ2n) is 8.12. The second kappa shape index (κ2) is 4.58. The molecule has 2 heteroatoms. The lowest BCUT2D eigenvalue weighted by molar-refractivity contribution is -0.0401. The minimum atomic E-state index is -0.0949. The summed E-state index contributed by atoms with van der Waals surface area (Å²) in [5.41, 5.74) is 1.89. The van der Waals surface area contributed by atoms with Crippen LogP contribution in [-0.4, -0.2) is 22.4 Å². The standard InChI is InChI=1S/C18H28O2/c1-18-9-8-14-13-5-3-12(19)10-11(13)2-4-15(14)16(18)6-7-17(18)20/h5,11-12,14-17,19-20H,2-4,6-10H2,1H3. The molecule has 2 nitrogen and oxygen atoms in total. The lowest BCUT2D eigenvalue weighted by atomic mass is 9.53. The molecule has 0 spiro atoms. The maximum atomic E-state index is 10.4. The molecule has 0 aliphatic heterocycles.